The van der Waals surface area contributed by atoms with Crippen LogP contribution in [0.2, 0.25) is 0 Å². The summed E-state index contributed by atoms with van der Waals surface area (Å²) in [5, 5.41) is -0.0894. The predicted molar refractivity (Wildman–Crippen MR) is 51.3 cm³/mol. The summed E-state index contributed by atoms with van der Waals surface area (Å²) in [5.41, 5.74) is 0. The fourth-order valence-corrected chi connectivity index (χ4v) is 2.34. The first kappa shape index (κ1) is 9.99. The maximum absolute atomic E-state index is 11.6. The molecule has 0 aromatic heterocycles. The van der Waals surface area contributed by atoms with Crippen LogP contribution in [0.25, 0.3) is 0 Å². The first-order valence-corrected chi connectivity index (χ1v) is 6.09. The molecular formula is C8H18N2OS. The Kier molecular flexibility index (Phi) is 2.78. The molecule has 0 spiro atoms. The molecule has 1 fully saturated rings. The van der Waals surface area contributed by atoms with Gasteiger partial charge >= 0.3 is 0 Å². The quantitative estimate of drug-likeness (QED) is 0.700. The van der Waals surface area contributed by atoms with Gasteiger partial charge in [-0.1, -0.05) is 6.92 Å². The second kappa shape index (κ2) is 3.34. The molecule has 0 radical (unpaired) electrons. The lowest BCUT2D eigenvalue weighted by molar-refractivity contribution is 0.272. The highest BCUT2D eigenvalue weighted by Gasteiger charge is 2.28. The zero-order valence-electron chi connectivity index (χ0n) is 7.96. The molecule has 1 saturated carbocycles. The van der Waals surface area contributed by atoms with Crippen molar-refractivity contribution >= 4 is 9.92 Å². The summed E-state index contributed by atoms with van der Waals surface area (Å²) in [6, 6.07) is 0.326. The van der Waals surface area contributed by atoms with E-state index in [0.717, 1.165) is 18.8 Å². The topological polar surface area (TPSA) is 53.0 Å². The van der Waals surface area contributed by atoms with E-state index in [1.54, 1.807) is 0 Å². The molecule has 1 unspecified atom stereocenters. The van der Waals surface area contributed by atoms with Crippen LogP contribution in [0, 0.1) is 10.7 Å². The van der Waals surface area contributed by atoms with Crippen molar-refractivity contribution in [3.05, 3.63) is 0 Å². The summed E-state index contributed by atoms with van der Waals surface area (Å²) in [4.78, 5) is 0. The van der Waals surface area contributed by atoms with Gasteiger partial charge in [-0.25, -0.2) is 13.7 Å². The maximum atomic E-state index is 11.6. The van der Waals surface area contributed by atoms with E-state index < -0.39 is 9.92 Å². The predicted octanol–water partition coefficient (Wildman–Crippen LogP) is 1.74. The zero-order valence-corrected chi connectivity index (χ0v) is 8.78. The fraction of sp³-hybridized carbons (Fsp3) is 1.00. The van der Waals surface area contributed by atoms with Crippen molar-refractivity contribution in [1.29, 1.82) is 4.78 Å². The Morgan fingerprint density at radius 3 is 2.33 bits per heavy atom. The van der Waals surface area contributed by atoms with E-state index in [4.69, 9.17) is 4.78 Å². The molecule has 1 atom stereocenters. The summed E-state index contributed by atoms with van der Waals surface area (Å²) in [6.07, 6.45) is 2.14. The molecular weight excluding hydrogens is 172 g/mol. The molecule has 1 aliphatic carbocycles. The van der Waals surface area contributed by atoms with Gasteiger partial charge in [-0.2, -0.15) is 0 Å². The van der Waals surface area contributed by atoms with Crippen molar-refractivity contribution in [3.8, 4) is 0 Å². The molecule has 72 valence electrons. The molecule has 0 aromatic rings. The Bertz CT molecular complexity index is 240. The summed E-state index contributed by atoms with van der Waals surface area (Å²) in [7, 11) is -2.53. The average Bonchev–Trinajstić information content (AvgIpc) is 1.83. The minimum atomic E-state index is -2.53. The van der Waals surface area contributed by atoms with Crippen molar-refractivity contribution in [2.75, 3.05) is 0 Å². The smallest absolute Gasteiger partial charge is 0.107 e. The first-order chi connectivity index (χ1) is 5.42. The molecule has 0 aliphatic heterocycles. The van der Waals surface area contributed by atoms with Crippen LogP contribution in [-0.2, 0) is 9.92 Å². The summed E-state index contributed by atoms with van der Waals surface area (Å²) in [5.74, 6) is 0.741. The van der Waals surface area contributed by atoms with Gasteiger partial charge in [0.05, 0.1) is 5.25 Å². The van der Waals surface area contributed by atoms with E-state index in [9.17, 15) is 4.21 Å². The highest BCUT2D eigenvalue weighted by Crippen LogP contribution is 2.27. The number of hydrogen-bond donors (Lipinski definition) is 2. The Morgan fingerprint density at radius 2 is 2.00 bits per heavy atom. The number of nitrogens with one attached hydrogen (secondary N) is 2. The summed E-state index contributed by atoms with van der Waals surface area (Å²) >= 11 is 0. The normalized spacial score (nSPS) is 34.3. The minimum absolute atomic E-state index is 0.0894. The lowest BCUT2D eigenvalue weighted by Crippen LogP contribution is -2.45. The van der Waals surface area contributed by atoms with Gasteiger partial charge in [-0.15, -0.1) is 0 Å². The van der Waals surface area contributed by atoms with Gasteiger partial charge in [-0.3, -0.25) is 0 Å². The molecule has 2 N–H and O–H groups in total. The SMILES string of the molecule is CC1CC(NS(=N)(=O)C(C)C)C1. The van der Waals surface area contributed by atoms with Gasteiger partial charge in [0.1, 0.15) is 9.92 Å². The zero-order chi connectivity index (χ0) is 9.35. The van der Waals surface area contributed by atoms with Crippen LogP contribution in [0.3, 0.4) is 0 Å². The summed E-state index contributed by atoms with van der Waals surface area (Å²) in [6.45, 7) is 5.83. The van der Waals surface area contributed by atoms with E-state index in [0.29, 0.717) is 6.04 Å². The van der Waals surface area contributed by atoms with Crippen molar-refractivity contribution < 1.29 is 4.21 Å². The van der Waals surface area contributed by atoms with Crippen molar-refractivity contribution in [2.45, 2.75) is 44.9 Å². The Hall–Kier alpha value is -0.0900. The molecule has 0 bridgehead atoms. The molecule has 4 heteroatoms. The van der Waals surface area contributed by atoms with Crippen LogP contribution in [0.1, 0.15) is 33.6 Å². The Labute approximate surface area is 75.0 Å². The minimum Gasteiger partial charge on any atom is -0.240 e. The molecule has 1 rings (SSSR count). The first-order valence-electron chi connectivity index (χ1n) is 4.46. The van der Waals surface area contributed by atoms with Crippen LogP contribution < -0.4 is 4.72 Å². The third-order valence-electron chi connectivity index (χ3n) is 2.38. The van der Waals surface area contributed by atoms with Crippen LogP contribution in [0.15, 0.2) is 0 Å². The van der Waals surface area contributed by atoms with Crippen molar-refractivity contribution in [2.24, 2.45) is 5.92 Å². The fourth-order valence-electron chi connectivity index (χ4n) is 1.38. The largest absolute Gasteiger partial charge is 0.240 e. The van der Waals surface area contributed by atoms with E-state index in [1.807, 2.05) is 13.8 Å². The Balaban J connectivity index is 2.42. The molecule has 0 saturated heterocycles. The average molecular weight is 190 g/mol. The van der Waals surface area contributed by atoms with Crippen LogP contribution in [-0.4, -0.2) is 15.5 Å². The number of hydrogen-bond acceptors (Lipinski definition) is 2. The highest BCUT2D eigenvalue weighted by molar-refractivity contribution is 7.91. The third kappa shape index (κ3) is 2.20. The molecule has 3 nitrogen and oxygen atoms in total. The second-order valence-electron chi connectivity index (χ2n) is 4.04. The monoisotopic (exact) mass is 190 g/mol. The van der Waals surface area contributed by atoms with Crippen LogP contribution in [0.4, 0.5) is 0 Å². The highest BCUT2D eigenvalue weighted by atomic mass is 32.2. The van der Waals surface area contributed by atoms with Crippen molar-refractivity contribution in [3.63, 3.8) is 0 Å². The molecule has 0 amide bonds. The molecule has 0 heterocycles. The van der Waals surface area contributed by atoms with E-state index in [-0.39, 0.29) is 5.25 Å². The number of rotatable bonds is 3. The van der Waals surface area contributed by atoms with Crippen molar-refractivity contribution in [1.82, 2.24) is 4.72 Å². The summed E-state index contributed by atoms with van der Waals surface area (Å²) < 4.78 is 22.0. The second-order valence-corrected chi connectivity index (χ2v) is 6.42. The lowest BCUT2D eigenvalue weighted by atomic mass is 9.83. The standard InChI is InChI=1S/C8H18N2OS/c1-6(2)12(9,11)10-8-4-7(3)5-8/h6-8H,4-5H2,1-3H3,(H2,9,10,11). The van der Waals surface area contributed by atoms with Gasteiger partial charge in [0, 0.05) is 6.04 Å². The van der Waals surface area contributed by atoms with E-state index in [2.05, 4.69) is 11.6 Å². The van der Waals surface area contributed by atoms with Gasteiger partial charge in [0.15, 0.2) is 0 Å². The molecule has 12 heavy (non-hydrogen) atoms. The van der Waals surface area contributed by atoms with Crippen LogP contribution in [0.5, 0.6) is 0 Å². The Morgan fingerprint density at radius 1 is 1.50 bits per heavy atom. The lowest BCUT2D eigenvalue weighted by Gasteiger charge is -2.34. The van der Waals surface area contributed by atoms with E-state index in [1.165, 1.54) is 0 Å². The molecule has 0 aromatic carbocycles. The third-order valence-corrected chi connectivity index (χ3v) is 4.39. The van der Waals surface area contributed by atoms with Gasteiger partial charge in [0.2, 0.25) is 0 Å². The van der Waals surface area contributed by atoms with Gasteiger partial charge in [-0.05, 0) is 32.6 Å². The maximum Gasteiger partial charge on any atom is 0.107 e. The van der Waals surface area contributed by atoms with Crippen LogP contribution >= 0.6 is 0 Å². The van der Waals surface area contributed by atoms with E-state index >= 15 is 0 Å². The van der Waals surface area contributed by atoms with Gasteiger partial charge in [0.25, 0.3) is 0 Å². The molecule has 1 aliphatic rings. The van der Waals surface area contributed by atoms with Gasteiger partial charge < -0.3 is 0 Å².